The van der Waals surface area contributed by atoms with Gasteiger partial charge in [-0.3, -0.25) is 0 Å². The normalized spacial score (nSPS) is 15.6. The first-order chi connectivity index (χ1) is 15.2. The summed E-state index contributed by atoms with van der Waals surface area (Å²) < 4.78 is 11.0. The molecule has 0 bridgehead atoms. The van der Waals surface area contributed by atoms with Gasteiger partial charge >= 0.3 is 0 Å². The number of benzene rings is 3. The van der Waals surface area contributed by atoms with E-state index in [-0.39, 0.29) is 4.08 Å². The second kappa shape index (κ2) is 10.1. The van der Waals surface area contributed by atoms with E-state index in [0.29, 0.717) is 0 Å². The number of nitrogens with zero attached hydrogens (tertiary/aromatic N) is 1. The van der Waals surface area contributed by atoms with E-state index >= 15 is 0 Å². The van der Waals surface area contributed by atoms with E-state index in [9.17, 15) is 0 Å². The van der Waals surface area contributed by atoms with Crippen molar-refractivity contribution in [2.45, 2.75) is 23.3 Å². The molecule has 1 aliphatic rings. The van der Waals surface area contributed by atoms with Crippen LogP contribution in [0.1, 0.15) is 24.8 Å². The molecular formula is C26H31NO2S2. The van der Waals surface area contributed by atoms with Crippen LogP contribution in [0.5, 0.6) is 11.5 Å². The molecule has 31 heavy (non-hydrogen) atoms. The molecule has 0 aromatic heterocycles. The molecule has 1 fully saturated rings. The highest BCUT2D eigenvalue weighted by Crippen LogP contribution is 2.54. The number of thioether (sulfide) groups is 2. The Morgan fingerprint density at radius 1 is 0.903 bits per heavy atom. The molecule has 0 radical (unpaired) electrons. The zero-order chi connectivity index (χ0) is 21.7. The molecule has 1 saturated heterocycles. The summed E-state index contributed by atoms with van der Waals surface area (Å²) >= 11 is 4.29. The fourth-order valence-corrected chi connectivity index (χ4v) is 7.80. The third-order valence-electron chi connectivity index (χ3n) is 5.97. The Morgan fingerprint density at radius 2 is 1.65 bits per heavy atom. The van der Waals surface area contributed by atoms with Crippen LogP contribution in [-0.2, 0) is 4.08 Å². The number of anilines is 1. The van der Waals surface area contributed by atoms with Crippen LogP contribution in [0.2, 0.25) is 0 Å². The fourth-order valence-electron chi connectivity index (χ4n) is 4.31. The SMILES string of the molecule is COc1ccc(N(C)CCCC2(c3cccc4ccccc34)SCCCS2)cc1OC. The smallest absolute Gasteiger partial charge is 0.162 e. The summed E-state index contributed by atoms with van der Waals surface area (Å²) in [5.41, 5.74) is 2.65. The quantitative estimate of drug-likeness (QED) is 0.373. The summed E-state index contributed by atoms with van der Waals surface area (Å²) in [5.74, 6) is 4.02. The molecular weight excluding hydrogens is 422 g/mol. The van der Waals surface area contributed by atoms with Gasteiger partial charge < -0.3 is 14.4 Å². The van der Waals surface area contributed by atoms with E-state index in [0.717, 1.165) is 36.6 Å². The molecule has 0 unspecified atom stereocenters. The van der Waals surface area contributed by atoms with Crippen molar-refractivity contribution < 1.29 is 9.47 Å². The van der Waals surface area contributed by atoms with Crippen LogP contribution in [0.4, 0.5) is 5.69 Å². The third kappa shape index (κ3) is 4.78. The van der Waals surface area contributed by atoms with Gasteiger partial charge in [0.05, 0.1) is 18.3 Å². The van der Waals surface area contributed by atoms with Gasteiger partial charge in [0.1, 0.15) is 0 Å². The Balaban J connectivity index is 1.52. The molecule has 3 nitrogen and oxygen atoms in total. The van der Waals surface area contributed by atoms with Gasteiger partial charge in [-0.2, -0.15) is 0 Å². The monoisotopic (exact) mass is 453 g/mol. The number of ether oxygens (including phenoxy) is 2. The van der Waals surface area contributed by atoms with Gasteiger partial charge in [-0.15, -0.1) is 23.5 Å². The zero-order valence-electron chi connectivity index (χ0n) is 18.6. The average Bonchev–Trinajstić information content (AvgIpc) is 2.83. The Kier molecular flexibility index (Phi) is 7.24. The first-order valence-corrected chi connectivity index (χ1v) is 12.8. The van der Waals surface area contributed by atoms with Gasteiger partial charge in [0.25, 0.3) is 0 Å². The summed E-state index contributed by atoms with van der Waals surface area (Å²) in [6.07, 6.45) is 3.59. The van der Waals surface area contributed by atoms with Crippen LogP contribution >= 0.6 is 23.5 Å². The maximum atomic E-state index is 5.48. The molecule has 0 spiro atoms. The number of rotatable bonds is 8. The Morgan fingerprint density at radius 3 is 2.42 bits per heavy atom. The predicted molar refractivity (Wildman–Crippen MR) is 137 cm³/mol. The van der Waals surface area contributed by atoms with Crippen LogP contribution in [-0.4, -0.2) is 39.3 Å². The van der Waals surface area contributed by atoms with Crippen molar-refractivity contribution in [2.24, 2.45) is 0 Å². The lowest BCUT2D eigenvalue weighted by Crippen LogP contribution is -2.26. The number of fused-ring (bicyclic) bond motifs is 1. The minimum Gasteiger partial charge on any atom is -0.493 e. The lowest BCUT2D eigenvalue weighted by atomic mass is 9.99. The summed E-state index contributed by atoms with van der Waals surface area (Å²) in [5, 5.41) is 2.74. The minimum atomic E-state index is 0.136. The van der Waals surface area contributed by atoms with E-state index in [1.807, 2.05) is 6.07 Å². The summed E-state index contributed by atoms with van der Waals surface area (Å²) in [6.45, 7) is 1.00. The van der Waals surface area contributed by atoms with E-state index in [4.69, 9.17) is 9.47 Å². The zero-order valence-corrected chi connectivity index (χ0v) is 20.2. The van der Waals surface area contributed by atoms with Crippen molar-refractivity contribution in [3.63, 3.8) is 0 Å². The topological polar surface area (TPSA) is 21.7 Å². The second-order valence-corrected chi connectivity index (χ2v) is 10.9. The van der Waals surface area contributed by atoms with Crippen molar-refractivity contribution in [1.82, 2.24) is 0 Å². The van der Waals surface area contributed by atoms with Gasteiger partial charge in [0.2, 0.25) is 0 Å². The van der Waals surface area contributed by atoms with Crippen molar-refractivity contribution in [3.05, 3.63) is 66.2 Å². The van der Waals surface area contributed by atoms with E-state index in [2.05, 4.69) is 90.1 Å². The van der Waals surface area contributed by atoms with Gasteiger partial charge in [0.15, 0.2) is 11.5 Å². The van der Waals surface area contributed by atoms with E-state index in [1.165, 1.54) is 34.3 Å². The molecule has 0 amide bonds. The molecule has 3 aromatic carbocycles. The van der Waals surface area contributed by atoms with E-state index < -0.39 is 0 Å². The van der Waals surface area contributed by atoms with Crippen molar-refractivity contribution in [2.75, 3.05) is 44.2 Å². The molecule has 164 valence electrons. The van der Waals surface area contributed by atoms with Crippen molar-refractivity contribution >= 4 is 40.0 Å². The second-order valence-electron chi connectivity index (χ2n) is 7.89. The van der Waals surface area contributed by atoms with Crippen LogP contribution in [0, 0.1) is 0 Å². The molecule has 1 heterocycles. The molecule has 3 aromatic rings. The van der Waals surface area contributed by atoms with Gasteiger partial charge in [-0.05, 0) is 59.2 Å². The van der Waals surface area contributed by atoms with Gasteiger partial charge in [-0.25, -0.2) is 0 Å². The van der Waals surface area contributed by atoms with Crippen LogP contribution in [0.25, 0.3) is 10.8 Å². The maximum Gasteiger partial charge on any atom is 0.162 e. The number of hydrogen-bond acceptors (Lipinski definition) is 5. The van der Waals surface area contributed by atoms with Crippen LogP contribution in [0.3, 0.4) is 0 Å². The highest BCUT2D eigenvalue weighted by Gasteiger charge is 2.36. The molecule has 5 heteroatoms. The third-order valence-corrected chi connectivity index (χ3v) is 9.44. The standard InChI is InChI=1S/C26H31NO2S2/c1-27(21-13-14-24(28-2)25(19-21)29-3)16-7-15-26(30-17-8-18-31-26)23-12-6-10-20-9-4-5-11-22(20)23/h4-6,9-14,19H,7-8,15-18H2,1-3H3. The first kappa shape index (κ1) is 22.2. The Labute approximate surface area is 194 Å². The number of hydrogen-bond donors (Lipinski definition) is 0. The average molecular weight is 454 g/mol. The summed E-state index contributed by atoms with van der Waals surface area (Å²) in [6, 6.07) is 21.8. The molecule has 4 rings (SSSR count). The largest absolute Gasteiger partial charge is 0.493 e. The molecule has 0 saturated carbocycles. The number of methoxy groups -OCH3 is 2. The van der Waals surface area contributed by atoms with Crippen molar-refractivity contribution in [1.29, 1.82) is 0 Å². The molecule has 0 aliphatic carbocycles. The van der Waals surface area contributed by atoms with Crippen molar-refractivity contribution in [3.8, 4) is 11.5 Å². The fraction of sp³-hybridized carbons (Fsp3) is 0.385. The predicted octanol–water partition coefficient (Wildman–Crippen LogP) is 6.80. The summed E-state index contributed by atoms with van der Waals surface area (Å²) in [4.78, 5) is 2.32. The van der Waals surface area contributed by atoms with Crippen LogP contribution < -0.4 is 14.4 Å². The highest BCUT2D eigenvalue weighted by molar-refractivity contribution is 8.18. The maximum absolute atomic E-state index is 5.48. The lowest BCUT2D eigenvalue weighted by Gasteiger charge is -2.38. The molecule has 1 aliphatic heterocycles. The Bertz CT molecular complexity index is 1010. The van der Waals surface area contributed by atoms with Crippen LogP contribution in [0.15, 0.2) is 60.7 Å². The highest BCUT2D eigenvalue weighted by atomic mass is 32.2. The van der Waals surface area contributed by atoms with E-state index in [1.54, 1.807) is 14.2 Å². The van der Waals surface area contributed by atoms with Gasteiger partial charge in [0, 0.05) is 25.3 Å². The minimum absolute atomic E-state index is 0.136. The van der Waals surface area contributed by atoms with Gasteiger partial charge in [-0.1, -0.05) is 42.5 Å². The first-order valence-electron chi connectivity index (χ1n) is 10.9. The summed E-state index contributed by atoms with van der Waals surface area (Å²) in [7, 11) is 5.52. The molecule has 0 N–H and O–H groups in total. The Hall–Kier alpha value is -1.98. The lowest BCUT2D eigenvalue weighted by molar-refractivity contribution is 0.355. The molecule has 0 atom stereocenters.